The van der Waals surface area contributed by atoms with Crippen LogP contribution in [-0.4, -0.2) is 17.7 Å². The zero-order chi connectivity index (χ0) is 9.26. The molecule has 1 aromatic carbocycles. The molecule has 4 nitrogen and oxygen atoms in total. The number of aldehydes is 1. The molecule has 1 aromatic rings. The molecule has 2 rings (SSSR count). The number of nitrogens with two attached hydrogens (primary N) is 1. The average Bonchev–Trinajstić information content (AvgIpc) is 2.55. The Morgan fingerprint density at radius 1 is 1.38 bits per heavy atom. The lowest BCUT2D eigenvalue weighted by molar-refractivity contribution is -0.102. The Morgan fingerprint density at radius 2 is 2.15 bits per heavy atom. The van der Waals surface area contributed by atoms with Crippen molar-refractivity contribution in [1.82, 2.24) is 0 Å². The summed E-state index contributed by atoms with van der Waals surface area (Å²) in [6.07, 6.45) is 0.658. The first-order valence-corrected chi connectivity index (χ1v) is 3.78. The Morgan fingerprint density at radius 3 is 2.85 bits per heavy atom. The summed E-state index contributed by atoms with van der Waals surface area (Å²) in [6.45, 7) is 0. The number of carbonyl (C=O) groups excluding carboxylic acids is 1. The largest absolute Gasteiger partial charge is 0.323 e. The number of para-hydroxylation sites is 1. The zero-order valence-electron chi connectivity index (χ0n) is 6.77. The molecule has 0 radical (unpaired) electrons. The Bertz CT molecular complexity index is 421. The van der Waals surface area contributed by atoms with Gasteiger partial charge in [-0.05, 0) is 6.07 Å². The first kappa shape index (κ1) is 7.67. The number of benzene rings is 1. The maximum absolute atomic E-state index is 10.6. The topological polar surface area (TPSA) is 67.8 Å². The summed E-state index contributed by atoms with van der Waals surface area (Å²) in [5, 5.41) is 3.54. The summed E-state index contributed by atoms with van der Waals surface area (Å²) in [6, 6.07) is 7.36. The third-order valence-corrected chi connectivity index (χ3v) is 1.88. The van der Waals surface area contributed by atoms with Gasteiger partial charge < -0.3 is 5.84 Å². The van der Waals surface area contributed by atoms with Gasteiger partial charge in [0.25, 0.3) is 0 Å². The predicted octanol–water partition coefficient (Wildman–Crippen LogP) is 0.634. The molecule has 13 heavy (non-hydrogen) atoms. The van der Waals surface area contributed by atoms with Crippen LogP contribution in [0.2, 0.25) is 0 Å². The van der Waals surface area contributed by atoms with Gasteiger partial charge in [0.2, 0.25) is 0 Å². The Kier molecular flexibility index (Phi) is 1.66. The second kappa shape index (κ2) is 2.82. The van der Waals surface area contributed by atoms with Crippen LogP contribution in [0.3, 0.4) is 0 Å². The molecule has 0 aliphatic carbocycles. The normalized spacial score (nSPS) is 16.9. The molecule has 0 saturated heterocycles. The van der Waals surface area contributed by atoms with Crippen LogP contribution in [0.4, 0.5) is 5.69 Å². The second-order valence-electron chi connectivity index (χ2n) is 2.61. The molecule has 2 N–H and O–H groups in total. The predicted molar refractivity (Wildman–Crippen MR) is 50.3 cm³/mol. The number of aliphatic imine (C=N–C) groups is 1. The third kappa shape index (κ3) is 1.03. The van der Waals surface area contributed by atoms with Gasteiger partial charge in [-0.25, -0.2) is 4.99 Å². The van der Waals surface area contributed by atoms with E-state index in [9.17, 15) is 4.79 Å². The van der Waals surface area contributed by atoms with Gasteiger partial charge in [0.1, 0.15) is 11.4 Å². The zero-order valence-corrected chi connectivity index (χ0v) is 6.77. The molecule has 0 spiro atoms. The minimum absolute atomic E-state index is 0.295. The fourth-order valence-corrected chi connectivity index (χ4v) is 1.31. The highest BCUT2D eigenvalue weighted by molar-refractivity contribution is 6.67. The quantitative estimate of drug-likeness (QED) is 0.384. The Balaban J connectivity index is 2.63. The first-order chi connectivity index (χ1) is 6.36. The van der Waals surface area contributed by atoms with Gasteiger partial charge in [0, 0.05) is 5.56 Å². The van der Waals surface area contributed by atoms with Crippen molar-refractivity contribution in [3.05, 3.63) is 29.8 Å². The monoisotopic (exact) mass is 173 g/mol. The minimum atomic E-state index is 0.295. The van der Waals surface area contributed by atoms with E-state index in [2.05, 4.69) is 10.1 Å². The smallest absolute Gasteiger partial charge is 0.170 e. The molecule has 64 valence electrons. The second-order valence-corrected chi connectivity index (χ2v) is 2.61. The standard InChI is InChI=1S/C9H7N3O/c10-12-9-6-3-1-2-4-7(6)11-8(9)5-13/h1-5H,10H2. The van der Waals surface area contributed by atoms with E-state index in [0.717, 1.165) is 11.3 Å². The maximum atomic E-state index is 10.6. The highest BCUT2D eigenvalue weighted by Crippen LogP contribution is 2.25. The van der Waals surface area contributed by atoms with Crippen LogP contribution in [0.1, 0.15) is 5.56 Å². The van der Waals surface area contributed by atoms with E-state index < -0.39 is 0 Å². The summed E-state index contributed by atoms with van der Waals surface area (Å²) in [7, 11) is 0. The SMILES string of the molecule is NN=C1C(C=O)=Nc2ccccc21. The fourth-order valence-electron chi connectivity index (χ4n) is 1.31. The van der Waals surface area contributed by atoms with Crippen LogP contribution in [0.5, 0.6) is 0 Å². The number of fused-ring (bicyclic) bond motifs is 1. The van der Waals surface area contributed by atoms with E-state index in [1.165, 1.54) is 0 Å². The van der Waals surface area contributed by atoms with Crippen molar-refractivity contribution in [2.24, 2.45) is 15.9 Å². The van der Waals surface area contributed by atoms with Gasteiger partial charge in [-0.15, -0.1) is 0 Å². The van der Waals surface area contributed by atoms with E-state index in [-0.39, 0.29) is 0 Å². The van der Waals surface area contributed by atoms with Crippen molar-refractivity contribution in [2.75, 3.05) is 0 Å². The van der Waals surface area contributed by atoms with E-state index >= 15 is 0 Å². The molecule has 0 unspecified atom stereocenters. The number of carbonyl (C=O) groups is 1. The van der Waals surface area contributed by atoms with Gasteiger partial charge in [0.15, 0.2) is 6.29 Å². The van der Waals surface area contributed by atoms with Gasteiger partial charge in [-0.1, -0.05) is 18.2 Å². The van der Waals surface area contributed by atoms with E-state index in [4.69, 9.17) is 5.84 Å². The number of rotatable bonds is 1. The lowest BCUT2D eigenvalue weighted by Crippen LogP contribution is -2.14. The average molecular weight is 173 g/mol. The van der Waals surface area contributed by atoms with Crippen molar-refractivity contribution >= 4 is 23.4 Å². The summed E-state index contributed by atoms with van der Waals surface area (Å²) in [4.78, 5) is 14.6. The van der Waals surface area contributed by atoms with Crippen molar-refractivity contribution in [3.8, 4) is 0 Å². The van der Waals surface area contributed by atoms with Crippen LogP contribution < -0.4 is 5.84 Å². The van der Waals surface area contributed by atoms with Crippen LogP contribution in [0, 0.1) is 0 Å². The van der Waals surface area contributed by atoms with Gasteiger partial charge in [0.05, 0.1) is 5.69 Å². The highest BCUT2D eigenvalue weighted by atomic mass is 16.1. The van der Waals surface area contributed by atoms with Crippen molar-refractivity contribution in [3.63, 3.8) is 0 Å². The fraction of sp³-hybridized carbons (Fsp3) is 0. The number of hydrogen-bond donors (Lipinski definition) is 1. The van der Waals surface area contributed by atoms with Gasteiger partial charge in [-0.2, -0.15) is 5.10 Å². The Labute approximate surface area is 74.8 Å². The first-order valence-electron chi connectivity index (χ1n) is 3.78. The van der Waals surface area contributed by atoms with Crippen molar-refractivity contribution in [1.29, 1.82) is 0 Å². The van der Waals surface area contributed by atoms with Gasteiger partial charge >= 0.3 is 0 Å². The van der Waals surface area contributed by atoms with Crippen LogP contribution in [-0.2, 0) is 4.79 Å². The molecular weight excluding hydrogens is 166 g/mol. The molecule has 0 fully saturated rings. The molecule has 0 bridgehead atoms. The molecule has 1 aliphatic rings. The number of hydrogen-bond acceptors (Lipinski definition) is 4. The summed E-state index contributed by atoms with van der Waals surface area (Å²) >= 11 is 0. The summed E-state index contributed by atoms with van der Waals surface area (Å²) in [5.74, 6) is 5.16. The van der Waals surface area contributed by atoms with Crippen molar-refractivity contribution in [2.45, 2.75) is 0 Å². The molecule has 1 aliphatic heterocycles. The van der Waals surface area contributed by atoms with E-state index in [1.54, 1.807) is 0 Å². The minimum Gasteiger partial charge on any atom is -0.323 e. The molecular formula is C9H7N3O. The molecule has 0 saturated carbocycles. The molecule has 4 heteroatoms. The lowest BCUT2D eigenvalue weighted by atomic mass is 10.1. The Hall–Kier alpha value is -1.97. The third-order valence-electron chi connectivity index (χ3n) is 1.88. The maximum Gasteiger partial charge on any atom is 0.170 e. The van der Waals surface area contributed by atoms with Crippen LogP contribution in [0.25, 0.3) is 0 Å². The summed E-state index contributed by atoms with van der Waals surface area (Å²) < 4.78 is 0. The lowest BCUT2D eigenvalue weighted by Gasteiger charge is -1.95. The molecule has 1 heterocycles. The number of hydrazone groups is 1. The van der Waals surface area contributed by atoms with Crippen molar-refractivity contribution < 1.29 is 4.79 Å². The van der Waals surface area contributed by atoms with E-state index in [1.807, 2.05) is 24.3 Å². The summed E-state index contributed by atoms with van der Waals surface area (Å²) in [5.41, 5.74) is 2.32. The highest BCUT2D eigenvalue weighted by Gasteiger charge is 2.20. The molecule has 0 amide bonds. The molecule has 0 atom stereocenters. The number of nitrogens with zero attached hydrogens (tertiary/aromatic N) is 2. The van der Waals surface area contributed by atoms with Gasteiger partial charge in [-0.3, -0.25) is 4.79 Å². The molecule has 0 aromatic heterocycles. The van der Waals surface area contributed by atoms with Crippen LogP contribution in [0.15, 0.2) is 34.4 Å². The van der Waals surface area contributed by atoms with Crippen LogP contribution >= 0.6 is 0 Å². The van der Waals surface area contributed by atoms with E-state index in [0.29, 0.717) is 17.7 Å².